The largest absolute Gasteiger partial charge is 0.490 e. The Morgan fingerprint density at radius 3 is 1.82 bits per heavy atom. The van der Waals surface area contributed by atoms with Crippen molar-refractivity contribution in [3.63, 3.8) is 0 Å². The summed E-state index contributed by atoms with van der Waals surface area (Å²) in [5.41, 5.74) is 0.543. The van der Waals surface area contributed by atoms with Gasteiger partial charge in [-0.25, -0.2) is 19.4 Å². The summed E-state index contributed by atoms with van der Waals surface area (Å²) in [4.78, 5) is 8.25. The number of aromatic nitrogens is 2. The zero-order valence-corrected chi connectivity index (χ0v) is 26.1. The minimum atomic E-state index is -7.93. The summed E-state index contributed by atoms with van der Waals surface area (Å²) in [6.45, 7) is -1.21. The van der Waals surface area contributed by atoms with E-state index in [-0.39, 0.29) is 31.1 Å². The van der Waals surface area contributed by atoms with Crippen LogP contribution in [0.5, 0.6) is 11.5 Å². The summed E-state index contributed by atoms with van der Waals surface area (Å²) < 4.78 is 217. The zero-order valence-electron chi connectivity index (χ0n) is 26.1. The molecular formula is C29H29F15N2O5. The molecular weight excluding hydrogens is 741 g/mol. The number of nitrogens with zero attached hydrogens (tertiary/aromatic N) is 2. The number of benzene rings is 1. The third kappa shape index (κ3) is 11.7. The highest BCUT2D eigenvalue weighted by Gasteiger charge is 2.85. The van der Waals surface area contributed by atoms with Gasteiger partial charge < -0.3 is 14.2 Å². The molecule has 290 valence electrons. The molecule has 0 amide bonds. The van der Waals surface area contributed by atoms with Crippen LogP contribution in [0.4, 0.5) is 65.9 Å². The van der Waals surface area contributed by atoms with Gasteiger partial charge in [0.1, 0.15) is 6.61 Å². The third-order valence-electron chi connectivity index (χ3n) is 6.23. The van der Waals surface area contributed by atoms with Gasteiger partial charge in [-0.3, -0.25) is 0 Å². The number of halogens is 15. The number of alkyl halides is 15. The Balaban J connectivity index is 1.96. The highest BCUT2D eigenvalue weighted by atomic mass is 19.4. The molecule has 0 aliphatic carbocycles. The first kappa shape index (κ1) is 43.6. The van der Waals surface area contributed by atoms with Gasteiger partial charge in [-0.2, -0.15) is 65.9 Å². The first-order valence-electron chi connectivity index (χ1n) is 14.5. The molecule has 0 fully saturated rings. The molecule has 0 atom stereocenters. The monoisotopic (exact) mass is 770 g/mol. The Morgan fingerprint density at radius 1 is 0.627 bits per heavy atom. The second kappa shape index (κ2) is 17.3. The zero-order chi connectivity index (χ0) is 38.8. The van der Waals surface area contributed by atoms with Crippen LogP contribution < -0.4 is 9.47 Å². The summed E-state index contributed by atoms with van der Waals surface area (Å²) in [5.74, 6) is -15.0. The van der Waals surface area contributed by atoms with Gasteiger partial charge in [-0.1, -0.05) is 12.2 Å². The van der Waals surface area contributed by atoms with E-state index in [0.717, 1.165) is 19.3 Å². The molecule has 7 nitrogen and oxygen atoms in total. The Kier molecular flexibility index (Phi) is 14.8. The molecule has 0 aliphatic heterocycles. The van der Waals surface area contributed by atoms with Crippen LogP contribution >= 0.6 is 0 Å². The van der Waals surface area contributed by atoms with Gasteiger partial charge in [0.25, 0.3) is 0 Å². The van der Waals surface area contributed by atoms with E-state index in [9.17, 15) is 65.9 Å². The van der Waals surface area contributed by atoms with Crippen molar-refractivity contribution in [2.75, 3.05) is 26.4 Å². The van der Waals surface area contributed by atoms with Crippen LogP contribution in [-0.4, -0.2) is 78.9 Å². The molecule has 0 N–H and O–H groups in total. The van der Waals surface area contributed by atoms with Crippen LogP contribution in [0.3, 0.4) is 0 Å². The minimum Gasteiger partial charge on any atom is -0.490 e. The van der Waals surface area contributed by atoms with Gasteiger partial charge >= 0.3 is 42.5 Å². The fourth-order valence-corrected chi connectivity index (χ4v) is 3.67. The maximum absolute atomic E-state index is 13.8. The summed E-state index contributed by atoms with van der Waals surface area (Å²) in [6, 6.07) is 6.21. The van der Waals surface area contributed by atoms with Crippen molar-refractivity contribution < 1.29 is 89.5 Å². The normalized spacial score (nSPS) is 14.0. The van der Waals surface area contributed by atoms with Gasteiger partial charge in [0.2, 0.25) is 0 Å². The molecule has 2 aromatic rings. The molecule has 51 heavy (non-hydrogen) atoms. The number of hydrogen-bond donors (Lipinski definition) is 0. The van der Waals surface area contributed by atoms with Crippen molar-refractivity contribution >= 4 is 0 Å². The number of unbranched alkanes of at least 4 members (excludes halogenated alkanes) is 3. The summed E-state index contributed by atoms with van der Waals surface area (Å²) in [6.07, 6.45) is -25.1. The molecule has 1 aromatic carbocycles. The predicted molar refractivity (Wildman–Crippen MR) is 145 cm³/mol. The number of allylic oxidation sites excluding steroid dienone is 2. The van der Waals surface area contributed by atoms with Gasteiger partial charge in [0.15, 0.2) is 17.3 Å². The van der Waals surface area contributed by atoms with E-state index < -0.39 is 55.7 Å². The van der Waals surface area contributed by atoms with Gasteiger partial charge in [0, 0.05) is 24.4 Å². The molecule has 0 saturated carbocycles. The molecule has 0 bridgehead atoms. The van der Waals surface area contributed by atoms with E-state index in [2.05, 4.69) is 19.4 Å². The summed E-state index contributed by atoms with van der Waals surface area (Å²) in [7, 11) is 0. The quantitative estimate of drug-likeness (QED) is 0.0671. The van der Waals surface area contributed by atoms with E-state index in [1.165, 1.54) is 18.5 Å². The Morgan fingerprint density at radius 2 is 1.22 bits per heavy atom. The SMILES string of the molecule is CC=CCCCCCOc1cc(-c2ncccn2)ccc1OCCCOCC(F)(F)OC(F)(F)C(F)(F)OC(F)(F)C(F)(F)C(F)(F)C(F)(F)F. The van der Waals surface area contributed by atoms with Crippen LogP contribution in [0.25, 0.3) is 11.4 Å². The van der Waals surface area contributed by atoms with E-state index >= 15 is 0 Å². The molecule has 0 saturated heterocycles. The number of hydrogen-bond acceptors (Lipinski definition) is 7. The highest BCUT2D eigenvalue weighted by Crippen LogP contribution is 2.56. The van der Waals surface area contributed by atoms with Gasteiger partial charge in [-0.15, -0.1) is 0 Å². The average Bonchev–Trinajstić information content (AvgIpc) is 3.01. The molecule has 0 radical (unpaired) electrons. The summed E-state index contributed by atoms with van der Waals surface area (Å²) >= 11 is 0. The van der Waals surface area contributed by atoms with E-state index in [1.54, 1.807) is 22.9 Å². The lowest BCUT2D eigenvalue weighted by Crippen LogP contribution is -2.64. The Hall–Kier alpha value is -3.53. The maximum Gasteiger partial charge on any atom is 0.460 e. The lowest BCUT2D eigenvalue weighted by Gasteiger charge is -2.36. The smallest absolute Gasteiger partial charge is 0.460 e. The van der Waals surface area contributed by atoms with Crippen LogP contribution in [0, 0.1) is 0 Å². The lowest BCUT2D eigenvalue weighted by atomic mass is 10.1. The fraction of sp³-hybridized carbons (Fsp3) is 0.586. The van der Waals surface area contributed by atoms with Crippen LogP contribution in [-0.2, 0) is 14.2 Å². The van der Waals surface area contributed by atoms with Gasteiger partial charge in [-0.05, 0) is 56.9 Å². The molecule has 1 aromatic heterocycles. The van der Waals surface area contributed by atoms with Gasteiger partial charge in [0.05, 0.1) is 19.8 Å². The molecule has 0 aliphatic rings. The van der Waals surface area contributed by atoms with Crippen molar-refractivity contribution in [3.05, 3.63) is 48.8 Å². The topological polar surface area (TPSA) is 71.9 Å². The summed E-state index contributed by atoms with van der Waals surface area (Å²) in [5, 5.41) is 0. The molecule has 2 rings (SSSR count). The Labute approximate surface area is 279 Å². The van der Waals surface area contributed by atoms with Crippen molar-refractivity contribution in [2.24, 2.45) is 0 Å². The van der Waals surface area contributed by atoms with Crippen molar-refractivity contribution in [1.82, 2.24) is 9.97 Å². The second-order valence-corrected chi connectivity index (χ2v) is 10.3. The minimum absolute atomic E-state index is 0.162. The fourth-order valence-electron chi connectivity index (χ4n) is 3.67. The first-order chi connectivity index (χ1) is 23.4. The van der Waals surface area contributed by atoms with E-state index in [4.69, 9.17) is 9.47 Å². The number of rotatable bonds is 22. The Bertz CT molecular complexity index is 1390. The van der Waals surface area contributed by atoms with Crippen LogP contribution in [0.15, 0.2) is 48.8 Å². The standard InChI is InChI=1S/C29H29F15N2O5/c1-2-3-4-5-6-7-15-49-21-17-19(22-45-12-8-13-46-22)10-11-20(21)48-16-9-14-47-18-23(30,31)50-28(41,42)29(43,44)51-27(39,40)25(34,35)24(32,33)26(36,37)38/h2-3,8,10-13,17H,4-7,9,14-16,18H2,1H3. The lowest BCUT2D eigenvalue weighted by molar-refractivity contribution is -0.543. The van der Waals surface area contributed by atoms with Crippen molar-refractivity contribution in [2.45, 2.75) is 81.5 Å². The molecule has 22 heteroatoms. The average molecular weight is 771 g/mol. The van der Waals surface area contributed by atoms with Crippen molar-refractivity contribution in [1.29, 1.82) is 0 Å². The highest BCUT2D eigenvalue weighted by molar-refractivity contribution is 5.60. The molecule has 0 unspecified atom stereocenters. The second-order valence-electron chi connectivity index (χ2n) is 10.3. The first-order valence-corrected chi connectivity index (χ1v) is 14.5. The third-order valence-corrected chi connectivity index (χ3v) is 6.23. The van der Waals surface area contributed by atoms with E-state index in [0.29, 0.717) is 17.8 Å². The molecule has 0 spiro atoms. The molecule has 1 heterocycles. The van der Waals surface area contributed by atoms with Crippen molar-refractivity contribution in [3.8, 4) is 22.9 Å². The number of ether oxygens (including phenoxy) is 5. The van der Waals surface area contributed by atoms with E-state index in [1.807, 2.05) is 19.1 Å². The predicted octanol–water partition coefficient (Wildman–Crippen LogP) is 9.68. The van der Waals surface area contributed by atoms with Crippen LogP contribution in [0.1, 0.15) is 39.0 Å². The van der Waals surface area contributed by atoms with Crippen LogP contribution in [0.2, 0.25) is 0 Å². The maximum atomic E-state index is 13.8.